The summed E-state index contributed by atoms with van der Waals surface area (Å²) in [6, 6.07) is 0. The predicted molar refractivity (Wildman–Crippen MR) is 195 cm³/mol. The lowest BCUT2D eigenvalue weighted by atomic mass is 10.0. The molecule has 0 bridgehead atoms. The van der Waals surface area contributed by atoms with Gasteiger partial charge in [-0.05, 0) is 50.0 Å². The van der Waals surface area contributed by atoms with Crippen LogP contribution in [-0.4, -0.2) is 11.5 Å². The quantitative estimate of drug-likeness (QED) is 0.0516. The molecule has 0 aromatic carbocycles. The van der Waals surface area contributed by atoms with Crippen LogP contribution in [0.5, 0.6) is 0 Å². The van der Waals surface area contributed by atoms with E-state index >= 15 is 0 Å². The minimum Gasteiger partial charge on any atom is -0.161 e. The lowest BCUT2D eigenvalue weighted by molar-refractivity contribution is 0.536. The maximum atomic E-state index is 2.44. The average molecular weight is 591 g/mol. The van der Waals surface area contributed by atoms with Crippen LogP contribution in [0.1, 0.15) is 219 Å². The lowest BCUT2D eigenvalue weighted by Crippen LogP contribution is -1.83. The Morgan fingerprint density at radius 3 is 0.756 bits per heavy atom. The highest BCUT2D eigenvalue weighted by molar-refractivity contribution is 7.99. The van der Waals surface area contributed by atoms with Crippen molar-refractivity contribution in [3.8, 4) is 0 Å². The van der Waals surface area contributed by atoms with E-state index in [1.54, 1.807) is 0 Å². The standard InChI is InChI=1S/C40H78S/c1-3-5-7-9-11-13-15-17-19-21-23-25-27-29-31-33-35-37-39-41-40-38-36-34-32-30-28-26-24-22-20-18-16-14-12-10-8-6-4-2/h33-36H,3-32,37-40H2,1-2H3. The molecule has 0 heterocycles. The third-order valence-corrected chi connectivity index (χ3v) is 9.69. The average Bonchev–Trinajstić information content (AvgIpc) is 2.98. The van der Waals surface area contributed by atoms with Crippen LogP contribution >= 0.6 is 11.8 Å². The molecule has 0 fully saturated rings. The largest absolute Gasteiger partial charge is 0.161 e. The van der Waals surface area contributed by atoms with Crippen LogP contribution < -0.4 is 0 Å². The molecule has 0 atom stereocenters. The Bertz CT molecular complexity index is 449. The molecule has 0 rings (SSSR count). The molecule has 0 aromatic heterocycles. The molecule has 41 heavy (non-hydrogen) atoms. The van der Waals surface area contributed by atoms with Crippen LogP contribution in [0.4, 0.5) is 0 Å². The van der Waals surface area contributed by atoms with Gasteiger partial charge < -0.3 is 0 Å². The van der Waals surface area contributed by atoms with Crippen molar-refractivity contribution >= 4 is 11.8 Å². The molecule has 0 amide bonds. The molecule has 0 saturated heterocycles. The number of hydrogen-bond donors (Lipinski definition) is 0. The highest BCUT2D eigenvalue weighted by atomic mass is 32.2. The maximum absolute atomic E-state index is 2.44. The predicted octanol–water partition coefficient (Wildman–Crippen LogP) is 15.4. The van der Waals surface area contributed by atoms with Gasteiger partial charge >= 0.3 is 0 Å². The van der Waals surface area contributed by atoms with Crippen molar-refractivity contribution in [2.45, 2.75) is 219 Å². The number of rotatable bonds is 36. The molecule has 1 heteroatoms. The first kappa shape index (κ1) is 40.8. The molecular weight excluding hydrogens is 513 g/mol. The number of allylic oxidation sites excluding steroid dienone is 4. The molecule has 0 spiro atoms. The van der Waals surface area contributed by atoms with Gasteiger partial charge in [0.25, 0.3) is 0 Å². The van der Waals surface area contributed by atoms with Crippen molar-refractivity contribution in [3.05, 3.63) is 24.3 Å². The van der Waals surface area contributed by atoms with Crippen molar-refractivity contribution in [2.75, 3.05) is 11.5 Å². The Balaban J connectivity index is 3.14. The van der Waals surface area contributed by atoms with Crippen molar-refractivity contribution in [2.24, 2.45) is 0 Å². The molecule has 0 nitrogen and oxygen atoms in total. The van der Waals surface area contributed by atoms with Crippen molar-refractivity contribution in [3.63, 3.8) is 0 Å². The first-order valence-electron chi connectivity index (χ1n) is 19.3. The lowest BCUT2D eigenvalue weighted by Gasteiger charge is -2.03. The van der Waals surface area contributed by atoms with E-state index in [2.05, 4.69) is 49.9 Å². The van der Waals surface area contributed by atoms with Crippen LogP contribution in [0.25, 0.3) is 0 Å². The summed E-state index contributed by atoms with van der Waals surface area (Å²) in [6.45, 7) is 4.61. The van der Waals surface area contributed by atoms with Crippen molar-refractivity contribution in [1.29, 1.82) is 0 Å². The molecule has 0 aliphatic carbocycles. The summed E-state index contributed by atoms with van der Waals surface area (Å²) in [5.41, 5.74) is 0. The van der Waals surface area contributed by atoms with Gasteiger partial charge in [0, 0.05) is 0 Å². The number of hydrogen-bond acceptors (Lipinski definition) is 1. The highest BCUT2D eigenvalue weighted by Crippen LogP contribution is 2.15. The fraction of sp³-hybridized carbons (Fsp3) is 0.900. The molecule has 0 saturated carbocycles. The molecule has 244 valence electrons. The van der Waals surface area contributed by atoms with E-state index in [0.717, 1.165) is 0 Å². The van der Waals surface area contributed by atoms with Gasteiger partial charge in [-0.2, -0.15) is 11.8 Å². The zero-order valence-corrected chi connectivity index (χ0v) is 29.6. The minimum absolute atomic E-state index is 1.26. The third kappa shape index (κ3) is 39.8. The van der Waals surface area contributed by atoms with E-state index in [9.17, 15) is 0 Å². The summed E-state index contributed by atoms with van der Waals surface area (Å²) < 4.78 is 0. The molecule has 0 unspecified atom stereocenters. The van der Waals surface area contributed by atoms with Crippen LogP contribution in [0.15, 0.2) is 24.3 Å². The van der Waals surface area contributed by atoms with Crippen LogP contribution in [0.2, 0.25) is 0 Å². The molecule has 0 aromatic rings. The normalized spacial score (nSPS) is 12.0. The summed E-state index contributed by atoms with van der Waals surface area (Å²) in [5, 5.41) is 0. The summed E-state index contributed by atoms with van der Waals surface area (Å²) in [4.78, 5) is 0. The second kappa shape index (κ2) is 39.8. The summed E-state index contributed by atoms with van der Waals surface area (Å²) in [5.74, 6) is 2.59. The van der Waals surface area contributed by atoms with E-state index in [-0.39, 0.29) is 0 Å². The first-order chi connectivity index (χ1) is 20.4. The summed E-state index contributed by atoms with van der Waals surface area (Å²) >= 11 is 2.13. The Morgan fingerprint density at radius 2 is 0.488 bits per heavy atom. The zero-order valence-electron chi connectivity index (χ0n) is 28.8. The van der Waals surface area contributed by atoms with Gasteiger partial charge in [-0.3, -0.25) is 0 Å². The third-order valence-electron chi connectivity index (χ3n) is 8.64. The van der Waals surface area contributed by atoms with Gasteiger partial charge in [0.2, 0.25) is 0 Å². The molecule has 0 N–H and O–H groups in total. The summed E-state index contributed by atoms with van der Waals surface area (Å²) in [7, 11) is 0. The van der Waals surface area contributed by atoms with Gasteiger partial charge in [-0.15, -0.1) is 0 Å². The van der Waals surface area contributed by atoms with E-state index in [1.165, 1.54) is 217 Å². The Hall–Kier alpha value is -0.170. The molecule has 0 radical (unpaired) electrons. The Labute approximate surface area is 266 Å². The van der Waals surface area contributed by atoms with Crippen LogP contribution in [-0.2, 0) is 0 Å². The van der Waals surface area contributed by atoms with E-state index in [1.807, 2.05) is 0 Å². The fourth-order valence-electron chi connectivity index (χ4n) is 5.79. The SMILES string of the molecule is CCCCCCCCCCCCCCCCC=CCCSCCC=CCCCCCCCCCCCCCCCC. The van der Waals surface area contributed by atoms with Crippen LogP contribution in [0, 0.1) is 0 Å². The smallest absolute Gasteiger partial charge is 0.00328 e. The van der Waals surface area contributed by atoms with Crippen LogP contribution in [0.3, 0.4) is 0 Å². The Morgan fingerprint density at radius 1 is 0.268 bits per heavy atom. The minimum atomic E-state index is 1.26. The second-order valence-electron chi connectivity index (χ2n) is 12.9. The van der Waals surface area contributed by atoms with Crippen molar-refractivity contribution in [1.82, 2.24) is 0 Å². The highest BCUT2D eigenvalue weighted by Gasteiger charge is 1.95. The zero-order chi connectivity index (χ0) is 29.6. The fourth-order valence-corrected chi connectivity index (χ4v) is 6.60. The molecule has 0 aliphatic heterocycles. The van der Waals surface area contributed by atoms with Gasteiger partial charge in [0.1, 0.15) is 0 Å². The topological polar surface area (TPSA) is 0 Å². The molecule has 0 aliphatic rings. The first-order valence-corrected chi connectivity index (χ1v) is 20.4. The van der Waals surface area contributed by atoms with Gasteiger partial charge in [0.05, 0.1) is 0 Å². The summed E-state index contributed by atoms with van der Waals surface area (Å²) in [6.07, 6.45) is 55.5. The monoisotopic (exact) mass is 591 g/mol. The Kier molecular flexibility index (Phi) is 39.7. The van der Waals surface area contributed by atoms with E-state index in [4.69, 9.17) is 0 Å². The number of unbranched alkanes of at least 4 members (excludes halogenated alkanes) is 28. The van der Waals surface area contributed by atoms with E-state index < -0.39 is 0 Å². The molecular formula is C40H78S. The second-order valence-corrected chi connectivity index (χ2v) is 14.1. The van der Waals surface area contributed by atoms with Gasteiger partial charge in [0.15, 0.2) is 0 Å². The van der Waals surface area contributed by atoms with Crippen molar-refractivity contribution < 1.29 is 0 Å². The van der Waals surface area contributed by atoms with Gasteiger partial charge in [-0.1, -0.05) is 205 Å². The number of thioether (sulfide) groups is 1. The maximum Gasteiger partial charge on any atom is -0.00328 e. The van der Waals surface area contributed by atoms with E-state index in [0.29, 0.717) is 0 Å². The van der Waals surface area contributed by atoms with Gasteiger partial charge in [-0.25, -0.2) is 0 Å².